The molecule has 98 valence electrons. The van der Waals surface area contributed by atoms with Crippen molar-refractivity contribution in [2.24, 2.45) is 5.92 Å². The highest BCUT2D eigenvalue weighted by Gasteiger charge is 2.32. The van der Waals surface area contributed by atoms with E-state index in [0.29, 0.717) is 12.5 Å². The van der Waals surface area contributed by atoms with Crippen molar-refractivity contribution in [1.82, 2.24) is 25.0 Å². The number of piperidine rings is 1. The topological polar surface area (TPSA) is 63.1 Å². The fourth-order valence-electron chi connectivity index (χ4n) is 2.83. The number of aromatic nitrogens is 3. The molecule has 18 heavy (non-hydrogen) atoms. The summed E-state index contributed by atoms with van der Waals surface area (Å²) in [7, 11) is 0. The molecule has 6 heteroatoms. The third-order valence-electron chi connectivity index (χ3n) is 3.99. The lowest BCUT2D eigenvalue weighted by Gasteiger charge is -2.35. The SMILES string of the molecule is CC1CCCNC1C(=O)N1CCn2cnnc2C1. The predicted octanol–water partition coefficient (Wildman–Crippen LogP) is 0.00840. The lowest BCUT2D eigenvalue weighted by molar-refractivity contribution is -0.136. The third-order valence-corrected chi connectivity index (χ3v) is 3.99. The van der Waals surface area contributed by atoms with Crippen LogP contribution in [0.5, 0.6) is 0 Å². The summed E-state index contributed by atoms with van der Waals surface area (Å²) in [6, 6.07) is -0.0202. The Labute approximate surface area is 106 Å². The normalized spacial score (nSPS) is 27.9. The Hall–Kier alpha value is -1.43. The number of rotatable bonds is 1. The van der Waals surface area contributed by atoms with E-state index in [9.17, 15) is 4.79 Å². The summed E-state index contributed by atoms with van der Waals surface area (Å²) < 4.78 is 2.02. The first kappa shape index (κ1) is 11.6. The van der Waals surface area contributed by atoms with E-state index in [1.165, 1.54) is 6.42 Å². The largest absolute Gasteiger partial charge is 0.332 e. The quantitative estimate of drug-likeness (QED) is 0.761. The summed E-state index contributed by atoms with van der Waals surface area (Å²) in [4.78, 5) is 14.4. The Morgan fingerprint density at radius 3 is 3.22 bits per heavy atom. The molecule has 2 aliphatic heterocycles. The van der Waals surface area contributed by atoms with Gasteiger partial charge in [0.2, 0.25) is 5.91 Å². The first-order chi connectivity index (χ1) is 8.75. The molecule has 0 saturated carbocycles. The Balaban J connectivity index is 1.70. The van der Waals surface area contributed by atoms with Crippen LogP contribution in [0.1, 0.15) is 25.6 Å². The second kappa shape index (κ2) is 4.68. The van der Waals surface area contributed by atoms with Gasteiger partial charge in [0.15, 0.2) is 5.82 Å². The average molecular weight is 249 g/mol. The van der Waals surface area contributed by atoms with E-state index in [2.05, 4.69) is 22.4 Å². The molecular weight excluding hydrogens is 230 g/mol. The summed E-state index contributed by atoms with van der Waals surface area (Å²) >= 11 is 0. The fraction of sp³-hybridized carbons (Fsp3) is 0.750. The lowest BCUT2D eigenvalue weighted by Crippen LogP contribution is -2.53. The molecule has 1 aromatic rings. The molecule has 2 aliphatic rings. The number of hydrogen-bond acceptors (Lipinski definition) is 4. The van der Waals surface area contributed by atoms with Crippen molar-refractivity contribution in [1.29, 1.82) is 0 Å². The Bertz CT molecular complexity index is 443. The minimum Gasteiger partial charge on any atom is -0.332 e. The van der Waals surface area contributed by atoms with E-state index >= 15 is 0 Å². The maximum absolute atomic E-state index is 12.5. The molecule has 1 fully saturated rings. The van der Waals surface area contributed by atoms with Gasteiger partial charge < -0.3 is 14.8 Å². The molecule has 3 heterocycles. The second-order valence-corrected chi connectivity index (χ2v) is 5.25. The van der Waals surface area contributed by atoms with Gasteiger partial charge in [0, 0.05) is 13.1 Å². The highest BCUT2D eigenvalue weighted by molar-refractivity contribution is 5.82. The van der Waals surface area contributed by atoms with E-state index in [1.807, 2.05) is 9.47 Å². The Kier molecular flexibility index (Phi) is 3.03. The predicted molar refractivity (Wildman–Crippen MR) is 65.6 cm³/mol. The van der Waals surface area contributed by atoms with Crippen LogP contribution in [0, 0.1) is 5.92 Å². The summed E-state index contributed by atoms with van der Waals surface area (Å²) in [6.07, 6.45) is 4.03. The van der Waals surface area contributed by atoms with Gasteiger partial charge in [0.05, 0.1) is 12.6 Å². The second-order valence-electron chi connectivity index (χ2n) is 5.25. The van der Waals surface area contributed by atoms with Gasteiger partial charge in [0.1, 0.15) is 6.33 Å². The number of nitrogens with zero attached hydrogens (tertiary/aromatic N) is 4. The van der Waals surface area contributed by atoms with Crippen molar-refractivity contribution in [3.63, 3.8) is 0 Å². The number of nitrogens with one attached hydrogen (secondary N) is 1. The summed E-state index contributed by atoms with van der Waals surface area (Å²) in [5.74, 6) is 1.53. The van der Waals surface area contributed by atoms with Gasteiger partial charge in [-0.3, -0.25) is 4.79 Å². The maximum atomic E-state index is 12.5. The molecule has 3 rings (SSSR count). The minimum atomic E-state index is -0.0202. The zero-order valence-electron chi connectivity index (χ0n) is 10.7. The zero-order valence-corrected chi connectivity index (χ0v) is 10.7. The first-order valence-corrected chi connectivity index (χ1v) is 6.64. The number of fused-ring (bicyclic) bond motifs is 1. The van der Waals surface area contributed by atoms with Gasteiger partial charge in [0.25, 0.3) is 0 Å². The molecule has 1 amide bonds. The number of hydrogen-bond donors (Lipinski definition) is 1. The van der Waals surface area contributed by atoms with E-state index < -0.39 is 0 Å². The molecule has 0 aromatic carbocycles. The number of amides is 1. The Morgan fingerprint density at radius 2 is 2.39 bits per heavy atom. The van der Waals surface area contributed by atoms with Gasteiger partial charge in [-0.1, -0.05) is 6.92 Å². The van der Waals surface area contributed by atoms with Crippen molar-refractivity contribution < 1.29 is 4.79 Å². The monoisotopic (exact) mass is 249 g/mol. The molecule has 0 bridgehead atoms. The highest BCUT2D eigenvalue weighted by atomic mass is 16.2. The van der Waals surface area contributed by atoms with Crippen LogP contribution in [0.2, 0.25) is 0 Å². The number of carbonyl (C=O) groups excluding carboxylic acids is 1. The van der Waals surface area contributed by atoms with Crippen LogP contribution in [0.4, 0.5) is 0 Å². The van der Waals surface area contributed by atoms with Crippen molar-refractivity contribution >= 4 is 5.91 Å². The average Bonchev–Trinajstić information content (AvgIpc) is 2.85. The van der Waals surface area contributed by atoms with E-state index in [4.69, 9.17) is 0 Å². The summed E-state index contributed by atoms with van der Waals surface area (Å²) in [5.41, 5.74) is 0. The van der Waals surface area contributed by atoms with Gasteiger partial charge in [-0.25, -0.2) is 0 Å². The van der Waals surface area contributed by atoms with Crippen LogP contribution < -0.4 is 5.32 Å². The molecule has 1 aromatic heterocycles. The minimum absolute atomic E-state index is 0.0202. The molecule has 2 unspecified atom stereocenters. The lowest BCUT2D eigenvalue weighted by atomic mass is 9.91. The van der Waals surface area contributed by atoms with E-state index in [0.717, 1.165) is 31.9 Å². The van der Waals surface area contributed by atoms with Crippen molar-refractivity contribution in [3.05, 3.63) is 12.2 Å². The van der Waals surface area contributed by atoms with Gasteiger partial charge in [-0.15, -0.1) is 10.2 Å². The van der Waals surface area contributed by atoms with Crippen LogP contribution in [0.15, 0.2) is 6.33 Å². The molecule has 1 N–H and O–H groups in total. The molecule has 0 spiro atoms. The third kappa shape index (κ3) is 2.01. The van der Waals surface area contributed by atoms with Crippen LogP contribution in [0.25, 0.3) is 0 Å². The Morgan fingerprint density at radius 1 is 1.50 bits per heavy atom. The molecule has 6 nitrogen and oxygen atoms in total. The van der Waals surface area contributed by atoms with Gasteiger partial charge in [-0.2, -0.15) is 0 Å². The van der Waals surface area contributed by atoms with Crippen LogP contribution in [0.3, 0.4) is 0 Å². The summed E-state index contributed by atoms with van der Waals surface area (Å²) in [5, 5.41) is 11.3. The van der Waals surface area contributed by atoms with Crippen LogP contribution in [-0.4, -0.2) is 44.7 Å². The van der Waals surface area contributed by atoms with Crippen LogP contribution in [-0.2, 0) is 17.9 Å². The zero-order chi connectivity index (χ0) is 12.5. The maximum Gasteiger partial charge on any atom is 0.240 e. The van der Waals surface area contributed by atoms with E-state index in [1.54, 1.807) is 6.33 Å². The van der Waals surface area contributed by atoms with Crippen LogP contribution >= 0.6 is 0 Å². The molecule has 2 atom stereocenters. The molecular formula is C12H19N5O. The van der Waals surface area contributed by atoms with Crippen molar-refractivity contribution in [2.75, 3.05) is 13.1 Å². The van der Waals surface area contributed by atoms with Crippen molar-refractivity contribution in [2.45, 2.75) is 38.9 Å². The van der Waals surface area contributed by atoms with Crippen molar-refractivity contribution in [3.8, 4) is 0 Å². The molecule has 1 saturated heterocycles. The molecule has 0 aliphatic carbocycles. The first-order valence-electron chi connectivity index (χ1n) is 6.64. The van der Waals surface area contributed by atoms with Gasteiger partial charge >= 0.3 is 0 Å². The van der Waals surface area contributed by atoms with Gasteiger partial charge in [-0.05, 0) is 25.3 Å². The smallest absolute Gasteiger partial charge is 0.240 e. The fourth-order valence-corrected chi connectivity index (χ4v) is 2.83. The number of carbonyl (C=O) groups is 1. The standard InChI is InChI=1S/C12H19N5O/c1-9-3-2-4-13-11(9)12(18)16-5-6-17-8-14-15-10(17)7-16/h8-9,11,13H,2-7H2,1H3. The molecule has 0 radical (unpaired) electrons. The highest BCUT2D eigenvalue weighted by Crippen LogP contribution is 2.19. The summed E-state index contributed by atoms with van der Waals surface area (Å²) in [6.45, 7) is 5.25. The van der Waals surface area contributed by atoms with E-state index in [-0.39, 0.29) is 11.9 Å².